The summed E-state index contributed by atoms with van der Waals surface area (Å²) in [7, 11) is 1.83. The third-order valence-corrected chi connectivity index (χ3v) is 6.35. The van der Waals surface area contributed by atoms with Crippen LogP contribution in [0.5, 0.6) is 0 Å². The molecular weight excluding hydrogens is 412 g/mol. The molecule has 4 rings (SSSR count). The average molecular weight is 449 g/mol. The van der Waals surface area contributed by atoms with E-state index in [-0.39, 0.29) is 0 Å². The lowest BCUT2D eigenvalue weighted by atomic mass is 10.0. The molecule has 1 unspecified atom stereocenters. The minimum absolute atomic E-state index is 0.464. The maximum Gasteiger partial charge on any atom is 0.191 e. The zero-order valence-corrected chi connectivity index (χ0v) is 20.0. The molecular formula is C26H36N6O. The lowest BCUT2D eigenvalue weighted by Crippen LogP contribution is -2.52. The van der Waals surface area contributed by atoms with Gasteiger partial charge >= 0.3 is 0 Å². The number of hydrogen-bond donors (Lipinski definition) is 2. The highest BCUT2D eigenvalue weighted by atomic mass is 16.5. The molecule has 0 aliphatic carbocycles. The van der Waals surface area contributed by atoms with Gasteiger partial charge in [-0.1, -0.05) is 50.2 Å². The molecule has 1 atom stereocenters. The number of fused-ring (bicyclic) bond motifs is 1. The molecule has 1 saturated heterocycles. The quantitative estimate of drug-likeness (QED) is 0.409. The number of morpholine rings is 1. The molecule has 7 nitrogen and oxygen atoms in total. The Labute approximate surface area is 196 Å². The Morgan fingerprint density at radius 2 is 1.76 bits per heavy atom. The summed E-state index contributed by atoms with van der Waals surface area (Å²) in [6.45, 7) is 10.6. The number of para-hydroxylation sites is 2. The van der Waals surface area contributed by atoms with Crippen LogP contribution in [-0.2, 0) is 17.8 Å². The minimum Gasteiger partial charge on any atom is -0.379 e. The lowest BCUT2D eigenvalue weighted by Gasteiger charge is -2.37. The van der Waals surface area contributed by atoms with Crippen molar-refractivity contribution in [3.8, 4) is 0 Å². The maximum absolute atomic E-state index is 5.52. The van der Waals surface area contributed by atoms with Gasteiger partial charge in [0.25, 0.3) is 0 Å². The maximum atomic E-state index is 5.52. The summed E-state index contributed by atoms with van der Waals surface area (Å²) in [5, 5.41) is 6.98. The Balaban J connectivity index is 1.28. The second-order valence-corrected chi connectivity index (χ2v) is 8.94. The SMILES string of the molecule is CN=C(NCc1ccc(Cn2cnc3ccccc32)cc1)NCC(C(C)C)N1CCOCC1. The molecule has 1 aromatic heterocycles. The van der Waals surface area contributed by atoms with Crippen molar-refractivity contribution in [2.24, 2.45) is 10.9 Å². The number of guanidine groups is 1. The summed E-state index contributed by atoms with van der Waals surface area (Å²) in [5.74, 6) is 1.40. The van der Waals surface area contributed by atoms with E-state index in [1.54, 1.807) is 0 Å². The van der Waals surface area contributed by atoms with Crippen LogP contribution >= 0.6 is 0 Å². The van der Waals surface area contributed by atoms with E-state index in [9.17, 15) is 0 Å². The monoisotopic (exact) mass is 448 g/mol. The number of ether oxygens (including phenoxy) is 1. The Morgan fingerprint density at radius 3 is 2.48 bits per heavy atom. The summed E-state index contributed by atoms with van der Waals surface area (Å²) >= 11 is 0. The molecule has 0 amide bonds. The van der Waals surface area contributed by atoms with Crippen molar-refractivity contribution in [3.05, 3.63) is 66.0 Å². The number of benzene rings is 2. The third kappa shape index (κ3) is 6.12. The van der Waals surface area contributed by atoms with E-state index >= 15 is 0 Å². The zero-order chi connectivity index (χ0) is 23.0. The second kappa shape index (κ2) is 11.3. The minimum atomic E-state index is 0.464. The van der Waals surface area contributed by atoms with Crippen molar-refractivity contribution < 1.29 is 4.74 Å². The van der Waals surface area contributed by atoms with E-state index in [0.717, 1.165) is 62.9 Å². The predicted molar refractivity (Wildman–Crippen MR) is 134 cm³/mol. The van der Waals surface area contributed by atoms with Crippen LogP contribution in [0.25, 0.3) is 11.0 Å². The van der Waals surface area contributed by atoms with Gasteiger partial charge in [0.1, 0.15) is 0 Å². The number of imidazole rings is 1. The fraction of sp³-hybridized carbons (Fsp3) is 0.462. The summed E-state index contributed by atoms with van der Waals surface area (Å²) in [4.78, 5) is 11.4. The van der Waals surface area contributed by atoms with Crippen LogP contribution in [0.15, 0.2) is 59.9 Å². The van der Waals surface area contributed by atoms with Crippen LogP contribution in [0.3, 0.4) is 0 Å². The molecule has 1 aliphatic heterocycles. The number of hydrogen-bond acceptors (Lipinski definition) is 4. The number of aromatic nitrogens is 2. The van der Waals surface area contributed by atoms with E-state index < -0.39 is 0 Å². The first-order chi connectivity index (χ1) is 16.1. The van der Waals surface area contributed by atoms with E-state index in [1.807, 2.05) is 25.5 Å². The van der Waals surface area contributed by atoms with Crippen LogP contribution in [0.1, 0.15) is 25.0 Å². The van der Waals surface area contributed by atoms with Crippen molar-refractivity contribution in [2.75, 3.05) is 39.9 Å². The van der Waals surface area contributed by atoms with Gasteiger partial charge in [-0.15, -0.1) is 0 Å². The molecule has 2 aromatic carbocycles. The fourth-order valence-electron chi connectivity index (χ4n) is 4.40. The highest BCUT2D eigenvalue weighted by molar-refractivity contribution is 5.79. The molecule has 1 aliphatic rings. The van der Waals surface area contributed by atoms with E-state index in [4.69, 9.17) is 4.74 Å². The molecule has 2 N–H and O–H groups in total. The smallest absolute Gasteiger partial charge is 0.191 e. The van der Waals surface area contributed by atoms with Gasteiger partial charge in [0, 0.05) is 45.8 Å². The molecule has 0 spiro atoms. The summed E-state index contributed by atoms with van der Waals surface area (Å²) in [6, 6.07) is 17.4. The second-order valence-electron chi connectivity index (χ2n) is 8.94. The molecule has 0 bridgehead atoms. The largest absolute Gasteiger partial charge is 0.379 e. The van der Waals surface area contributed by atoms with Gasteiger partial charge in [0.15, 0.2) is 5.96 Å². The van der Waals surface area contributed by atoms with Crippen molar-refractivity contribution in [2.45, 2.75) is 33.0 Å². The van der Waals surface area contributed by atoms with Gasteiger partial charge in [-0.05, 0) is 29.2 Å². The third-order valence-electron chi connectivity index (χ3n) is 6.35. The van der Waals surface area contributed by atoms with E-state index in [2.05, 4.69) is 80.3 Å². The molecule has 176 valence electrons. The van der Waals surface area contributed by atoms with Crippen LogP contribution in [-0.4, -0.2) is 66.3 Å². The van der Waals surface area contributed by atoms with Crippen LogP contribution in [0, 0.1) is 5.92 Å². The summed E-state index contributed by atoms with van der Waals surface area (Å²) in [5.41, 5.74) is 4.68. The van der Waals surface area contributed by atoms with E-state index in [1.165, 1.54) is 11.1 Å². The first-order valence-electron chi connectivity index (χ1n) is 11.9. The van der Waals surface area contributed by atoms with Crippen molar-refractivity contribution >= 4 is 17.0 Å². The topological polar surface area (TPSA) is 66.7 Å². The Kier molecular flexibility index (Phi) is 7.96. The standard InChI is InChI=1S/C26H36N6O/c1-20(2)25(31-12-14-33-15-13-31)17-29-26(27-3)28-16-21-8-10-22(11-9-21)18-32-19-30-23-6-4-5-7-24(23)32/h4-11,19-20,25H,12-18H2,1-3H3,(H2,27,28,29). The molecule has 1 fully saturated rings. The molecule has 2 heterocycles. The zero-order valence-electron chi connectivity index (χ0n) is 20.0. The Morgan fingerprint density at radius 1 is 1.03 bits per heavy atom. The van der Waals surface area contributed by atoms with Crippen molar-refractivity contribution in [3.63, 3.8) is 0 Å². The van der Waals surface area contributed by atoms with Gasteiger partial charge in [-0.2, -0.15) is 0 Å². The first-order valence-corrected chi connectivity index (χ1v) is 11.9. The molecule has 0 saturated carbocycles. The number of nitrogens with one attached hydrogen (secondary N) is 2. The lowest BCUT2D eigenvalue weighted by molar-refractivity contribution is 0.00752. The summed E-state index contributed by atoms with van der Waals surface area (Å²) in [6.07, 6.45) is 1.91. The first kappa shape index (κ1) is 23.3. The van der Waals surface area contributed by atoms with Gasteiger partial charge < -0.3 is 19.9 Å². The van der Waals surface area contributed by atoms with Gasteiger partial charge in [-0.25, -0.2) is 4.98 Å². The average Bonchev–Trinajstić information content (AvgIpc) is 3.25. The number of nitrogens with zero attached hydrogens (tertiary/aromatic N) is 4. The van der Waals surface area contributed by atoms with E-state index in [0.29, 0.717) is 12.0 Å². The molecule has 0 radical (unpaired) electrons. The fourth-order valence-corrected chi connectivity index (χ4v) is 4.40. The normalized spacial score (nSPS) is 16.3. The predicted octanol–water partition coefficient (Wildman–Crippen LogP) is 3.11. The van der Waals surface area contributed by atoms with Crippen LogP contribution < -0.4 is 10.6 Å². The number of rotatable bonds is 8. The Bertz CT molecular complexity index is 1040. The van der Waals surface area contributed by atoms with Crippen LogP contribution in [0.4, 0.5) is 0 Å². The van der Waals surface area contributed by atoms with Crippen molar-refractivity contribution in [1.82, 2.24) is 25.1 Å². The Hall–Kier alpha value is -2.90. The van der Waals surface area contributed by atoms with Gasteiger partial charge in [-0.3, -0.25) is 9.89 Å². The molecule has 3 aromatic rings. The summed E-state index contributed by atoms with van der Waals surface area (Å²) < 4.78 is 7.71. The van der Waals surface area contributed by atoms with Crippen LogP contribution in [0.2, 0.25) is 0 Å². The molecule has 7 heteroatoms. The highest BCUT2D eigenvalue weighted by Gasteiger charge is 2.23. The van der Waals surface area contributed by atoms with Crippen molar-refractivity contribution in [1.29, 1.82) is 0 Å². The number of aliphatic imine (C=N–C) groups is 1. The molecule has 33 heavy (non-hydrogen) atoms. The highest BCUT2D eigenvalue weighted by Crippen LogP contribution is 2.15. The van der Waals surface area contributed by atoms with Gasteiger partial charge in [0.05, 0.1) is 30.6 Å². The van der Waals surface area contributed by atoms with Gasteiger partial charge in [0.2, 0.25) is 0 Å².